The summed E-state index contributed by atoms with van der Waals surface area (Å²) in [7, 11) is 13.2. The number of rotatable bonds is 4. The predicted molar refractivity (Wildman–Crippen MR) is 44.2 cm³/mol. The second kappa shape index (κ2) is 5.08. The molecule has 0 unspecified atom stereocenters. The minimum absolute atomic E-state index is 0.590. The van der Waals surface area contributed by atoms with Gasteiger partial charge < -0.3 is 0 Å². The molecule has 0 aromatic carbocycles. The molecule has 0 atom stereocenters. The Morgan fingerprint density at radius 2 is 1.89 bits per heavy atom. The van der Waals surface area contributed by atoms with Gasteiger partial charge in [-0.25, -0.2) is 0 Å². The van der Waals surface area contributed by atoms with Gasteiger partial charge in [-0.05, 0) is 0 Å². The molecule has 0 aliphatic rings. The van der Waals surface area contributed by atoms with Gasteiger partial charge in [0.15, 0.2) is 0 Å². The van der Waals surface area contributed by atoms with Gasteiger partial charge in [-0.3, -0.25) is 0 Å². The number of hydrogen-bond acceptors (Lipinski definition) is 1. The summed E-state index contributed by atoms with van der Waals surface area (Å²) in [6.45, 7) is 2.65. The molecule has 0 rings (SSSR count). The first-order valence-electron chi connectivity index (χ1n) is 2.77. The first kappa shape index (κ1) is 10.4. The second-order valence-corrected chi connectivity index (χ2v) is 15.4. The normalized spacial score (nSPS) is 12.0. The fourth-order valence-corrected chi connectivity index (χ4v) is 2.32. The van der Waals surface area contributed by atoms with Gasteiger partial charge in [0.25, 0.3) is 0 Å². The van der Waals surface area contributed by atoms with E-state index in [1.807, 2.05) is 0 Å². The molecule has 0 aromatic heterocycles. The Hall–Kier alpha value is 1.37. The summed E-state index contributed by atoms with van der Waals surface area (Å²) in [6, 6.07) is 0. The van der Waals surface area contributed by atoms with Crippen molar-refractivity contribution in [3.05, 3.63) is 0 Å². The van der Waals surface area contributed by atoms with E-state index in [9.17, 15) is 0 Å². The quantitative estimate of drug-likeness (QED) is 0.552. The summed E-state index contributed by atoms with van der Waals surface area (Å²) in [5, 5.41) is 0. The summed E-state index contributed by atoms with van der Waals surface area (Å²) < 4.78 is 4.95. The second-order valence-electron chi connectivity index (χ2n) is 1.65. The fourth-order valence-electron chi connectivity index (χ4n) is 0.332. The van der Waals surface area contributed by atoms with Crippen LogP contribution in [0, 0.1) is 0 Å². The molecule has 0 amide bonds. The van der Waals surface area contributed by atoms with Crippen molar-refractivity contribution >= 4 is 40.8 Å². The van der Waals surface area contributed by atoms with Crippen molar-refractivity contribution in [2.24, 2.45) is 0 Å². The molecular formula is C4H9Cl3GeO. The predicted octanol–water partition coefficient (Wildman–Crippen LogP) is 2.96. The molecule has 9 heavy (non-hydrogen) atoms. The average Bonchev–Trinajstić information content (AvgIpc) is 1.63. The molecule has 0 bridgehead atoms. The number of unbranched alkanes of at least 4 members (excludes halogenated alkanes) is 1. The van der Waals surface area contributed by atoms with E-state index >= 15 is 0 Å². The standard InChI is InChI=1S/C4H9Cl3GeO/c1-2-3-4-9-8(5,6)7/h2-4H2,1H3. The van der Waals surface area contributed by atoms with Gasteiger partial charge in [0, 0.05) is 0 Å². The molecule has 0 aliphatic carbocycles. The molecule has 56 valence electrons. The van der Waals surface area contributed by atoms with Gasteiger partial charge >= 0.3 is 71.0 Å². The average molecular weight is 252 g/mol. The van der Waals surface area contributed by atoms with Crippen LogP contribution in [0.1, 0.15) is 19.8 Å². The van der Waals surface area contributed by atoms with Crippen LogP contribution in [0.4, 0.5) is 0 Å². The third-order valence-electron chi connectivity index (χ3n) is 0.764. The Labute approximate surface area is 70.9 Å². The van der Waals surface area contributed by atoms with E-state index in [1.54, 1.807) is 0 Å². The van der Waals surface area contributed by atoms with Crippen LogP contribution < -0.4 is 0 Å². The van der Waals surface area contributed by atoms with Crippen LogP contribution in [-0.2, 0) is 3.76 Å². The van der Waals surface area contributed by atoms with E-state index in [2.05, 4.69) is 6.92 Å². The molecule has 0 N–H and O–H groups in total. The summed E-state index contributed by atoms with van der Waals surface area (Å²) in [5.74, 6) is 0. The third-order valence-corrected chi connectivity index (χ3v) is 3.58. The molecule has 0 fully saturated rings. The molecule has 5 heteroatoms. The zero-order valence-electron chi connectivity index (χ0n) is 5.16. The third kappa shape index (κ3) is 9.37. The minimum atomic E-state index is -3.21. The molecule has 0 aliphatic heterocycles. The van der Waals surface area contributed by atoms with Gasteiger partial charge in [0.2, 0.25) is 0 Å². The van der Waals surface area contributed by atoms with Gasteiger partial charge in [0.1, 0.15) is 0 Å². The van der Waals surface area contributed by atoms with E-state index in [0.29, 0.717) is 6.61 Å². The fraction of sp³-hybridized carbons (Fsp3) is 1.00. The van der Waals surface area contributed by atoms with Gasteiger partial charge in [-0.1, -0.05) is 0 Å². The van der Waals surface area contributed by atoms with Crippen LogP contribution in [0.3, 0.4) is 0 Å². The van der Waals surface area contributed by atoms with Crippen molar-refractivity contribution in [2.75, 3.05) is 6.61 Å². The zero-order valence-corrected chi connectivity index (χ0v) is 9.53. The monoisotopic (exact) mass is 252 g/mol. The molecule has 0 aromatic rings. The van der Waals surface area contributed by atoms with Crippen molar-refractivity contribution in [1.29, 1.82) is 0 Å². The van der Waals surface area contributed by atoms with E-state index < -0.39 is 10.8 Å². The molecule has 0 radical (unpaired) electrons. The number of hydrogen-bond donors (Lipinski definition) is 0. The molecule has 0 saturated carbocycles. The summed E-state index contributed by atoms with van der Waals surface area (Å²) >= 11 is 0. The molecular weight excluding hydrogens is 243 g/mol. The Bertz CT molecular complexity index is 72.7. The molecule has 0 saturated heterocycles. The van der Waals surface area contributed by atoms with Gasteiger partial charge in [0.05, 0.1) is 0 Å². The Kier molecular flexibility index (Phi) is 5.86. The van der Waals surface area contributed by atoms with Crippen molar-refractivity contribution in [2.45, 2.75) is 19.8 Å². The van der Waals surface area contributed by atoms with E-state index in [0.717, 1.165) is 12.8 Å². The van der Waals surface area contributed by atoms with Crippen molar-refractivity contribution < 1.29 is 3.76 Å². The molecule has 0 spiro atoms. The Balaban J connectivity index is 3.07. The Morgan fingerprint density at radius 3 is 2.22 bits per heavy atom. The zero-order chi connectivity index (χ0) is 7.33. The topological polar surface area (TPSA) is 9.23 Å². The van der Waals surface area contributed by atoms with Crippen molar-refractivity contribution in [3.8, 4) is 0 Å². The van der Waals surface area contributed by atoms with Crippen molar-refractivity contribution in [3.63, 3.8) is 0 Å². The van der Waals surface area contributed by atoms with Crippen molar-refractivity contribution in [1.82, 2.24) is 0 Å². The molecule has 0 heterocycles. The van der Waals surface area contributed by atoms with E-state index in [4.69, 9.17) is 33.8 Å². The van der Waals surface area contributed by atoms with Crippen LogP contribution in [-0.4, -0.2) is 17.4 Å². The first-order valence-corrected chi connectivity index (χ1v) is 11.9. The van der Waals surface area contributed by atoms with E-state index in [-0.39, 0.29) is 0 Å². The van der Waals surface area contributed by atoms with Crippen LogP contribution in [0.5, 0.6) is 0 Å². The van der Waals surface area contributed by atoms with Gasteiger partial charge in [-0.15, -0.1) is 0 Å². The van der Waals surface area contributed by atoms with Crippen LogP contribution in [0.15, 0.2) is 0 Å². The summed E-state index contributed by atoms with van der Waals surface area (Å²) in [5.41, 5.74) is 0. The van der Waals surface area contributed by atoms with Gasteiger partial charge in [-0.2, -0.15) is 0 Å². The van der Waals surface area contributed by atoms with Crippen LogP contribution in [0.2, 0.25) is 0 Å². The van der Waals surface area contributed by atoms with E-state index in [1.165, 1.54) is 0 Å². The maximum absolute atomic E-state index is 5.47. The maximum atomic E-state index is 5.47. The SMILES string of the molecule is CCCC[O][Ge]([Cl])([Cl])[Cl]. The van der Waals surface area contributed by atoms with Crippen LogP contribution >= 0.6 is 30.0 Å². The summed E-state index contributed by atoms with van der Waals surface area (Å²) in [4.78, 5) is 0. The number of halogens is 3. The first-order chi connectivity index (χ1) is 4.06. The Morgan fingerprint density at radius 1 is 1.33 bits per heavy atom. The summed E-state index contributed by atoms with van der Waals surface area (Å²) in [6.07, 6.45) is 2.04. The van der Waals surface area contributed by atoms with Crippen LogP contribution in [0.25, 0.3) is 0 Å². The molecule has 1 nitrogen and oxygen atoms in total.